The molecule has 0 aromatic heterocycles. The van der Waals surface area contributed by atoms with Crippen molar-refractivity contribution in [1.82, 2.24) is 4.90 Å². The van der Waals surface area contributed by atoms with Gasteiger partial charge in [0.1, 0.15) is 6.61 Å². The Kier molecular flexibility index (Phi) is 7.37. The molecule has 2 heterocycles. The van der Waals surface area contributed by atoms with Crippen molar-refractivity contribution >= 4 is 37.0 Å². The van der Waals surface area contributed by atoms with Crippen LogP contribution in [0.1, 0.15) is 55.9 Å². The molecule has 2 aliphatic heterocycles. The first-order valence-corrected chi connectivity index (χ1v) is 15.2. The first-order chi connectivity index (χ1) is 19.6. The highest BCUT2D eigenvalue weighted by atomic mass is 32.1. The molecule has 6 nitrogen and oxygen atoms in total. The molecule has 3 aromatic carbocycles. The molecule has 214 valence electrons. The molecule has 1 amide bonds. The van der Waals surface area contributed by atoms with Crippen molar-refractivity contribution in [2.75, 3.05) is 37.7 Å². The monoisotopic (exact) mass is 570 g/mol. The minimum atomic E-state index is -0.430. The normalized spacial score (nSPS) is 19.3. The summed E-state index contributed by atoms with van der Waals surface area (Å²) in [5, 5.41) is 0. The molecule has 3 aromatic rings. The molecule has 41 heavy (non-hydrogen) atoms. The van der Waals surface area contributed by atoms with Gasteiger partial charge in [-0.25, -0.2) is 4.79 Å². The summed E-state index contributed by atoms with van der Waals surface area (Å²) in [4.78, 5) is 17.4. The van der Waals surface area contributed by atoms with Gasteiger partial charge in [-0.15, -0.1) is 0 Å². The van der Waals surface area contributed by atoms with Crippen LogP contribution in [0.4, 0.5) is 10.5 Å². The summed E-state index contributed by atoms with van der Waals surface area (Å²) in [6, 6.07) is 21.2. The van der Waals surface area contributed by atoms with Crippen molar-refractivity contribution in [2.24, 2.45) is 0 Å². The van der Waals surface area contributed by atoms with E-state index in [9.17, 15) is 4.79 Å². The number of benzene rings is 3. The fourth-order valence-corrected chi connectivity index (χ4v) is 6.41. The molecule has 0 radical (unpaired) electrons. The number of carbonyl (C=O) groups is 1. The Balaban J connectivity index is 1.12. The molecule has 0 unspecified atom stereocenters. The van der Waals surface area contributed by atoms with E-state index in [1.807, 2.05) is 4.90 Å². The summed E-state index contributed by atoms with van der Waals surface area (Å²) in [7, 11) is -0.430. The van der Waals surface area contributed by atoms with E-state index >= 15 is 0 Å². The van der Waals surface area contributed by atoms with Gasteiger partial charge in [0.15, 0.2) is 0 Å². The van der Waals surface area contributed by atoms with Crippen LogP contribution in [0.15, 0.2) is 60.7 Å². The van der Waals surface area contributed by atoms with Gasteiger partial charge in [0.25, 0.3) is 0 Å². The summed E-state index contributed by atoms with van der Waals surface area (Å²) in [5.41, 5.74) is 8.56. The van der Waals surface area contributed by atoms with Gasteiger partial charge in [-0.2, -0.15) is 12.6 Å². The third kappa shape index (κ3) is 5.04. The molecule has 0 atom stereocenters. The third-order valence-corrected chi connectivity index (χ3v) is 9.75. The summed E-state index contributed by atoms with van der Waals surface area (Å²) < 4.78 is 18.7. The van der Waals surface area contributed by atoms with Crippen LogP contribution in [0, 0.1) is 6.92 Å². The van der Waals surface area contributed by atoms with Gasteiger partial charge < -0.3 is 23.8 Å². The number of nitrogens with zero attached hydrogens (tertiary/aromatic N) is 2. The minimum Gasteiger partial charge on any atom is -0.448 e. The van der Waals surface area contributed by atoms with Crippen molar-refractivity contribution in [3.05, 3.63) is 82.9 Å². The predicted molar refractivity (Wildman–Crippen MR) is 168 cm³/mol. The van der Waals surface area contributed by atoms with Crippen LogP contribution in [-0.4, -0.2) is 62.1 Å². The topological polar surface area (TPSA) is 51.2 Å². The number of ether oxygens (including phenoxy) is 1. The van der Waals surface area contributed by atoms with Gasteiger partial charge in [0.05, 0.1) is 11.2 Å². The maximum absolute atomic E-state index is 13.2. The van der Waals surface area contributed by atoms with Crippen LogP contribution < -0.4 is 10.4 Å². The van der Waals surface area contributed by atoms with Crippen molar-refractivity contribution in [3.63, 3.8) is 0 Å². The zero-order chi connectivity index (χ0) is 28.9. The van der Waals surface area contributed by atoms with E-state index in [0.29, 0.717) is 25.4 Å². The number of thiol groups is 1. The number of piperazine rings is 1. The second kappa shape index (κ2) is 10.7. The molecule has 2 fully saturated rings. The van der Waals surface area contributed by atoms with Crippen LogP contribution in [0.2, 0.25) is 0 Å². The van der Waals surface area contributed by atoms with Crippen molar-refractivity contribution in [3.8, 4) is 11.1 Å². The SMILES string of the molecule is Cc1c(B2OC(C)(C)C(C)(C)O2)cc(CS)cc1N1CCN(C(=O)OCC2c3ccccc3-c3ccccc32)CC1. The molecule has 8 heteroatoms. The number of fused-ring (bicyclic) bond motifs is 3. The Morgan fingerprint density at radius 2 is 1.49 bits per heavy atom. The minimum absolute atomic E-state index is 0.0627. The number of anilines is 1. The highest BCUT2D eigenvalue weighted by molar-refractivity contribution is 7.79. The number of carbonyl (C=O) groups excluding carboxylic acids is 1. The quantitative estimate of drug-likeness (QED) is 0.311. The Morgan fingerprint density at radius 3 is 2.05 bits per heavy atom. The Bertz CT molecular complexity index is 1410. The highest BCUT2D eigenvalue weighted by Crippen LogP contribution is 2.44. The van der Waals surface area contributed by atoms with E-state index in [4.69, 9.17) is 14.0 Å². The van der Waals surface area contributed by atoms with Gasteiger partial charge in [-0.05, 0) is 79.5 Å². The Hall–Kier alpha value is -2.94. The zero-order valence-electron chi connectivity index (χ0n) is 24.6. The van der Waals surface area contributed by atoms with Gasteiger partial charge in [-0.1, -0.05) is 54.6 Å². The van der Waals surface area contributed by atoms with E-state index in [-0.39, 0.29) is 12.0 Å². The second-order valence-corrected chi connectivity index (χ2v) is 12.7. The average molecular weight is 571 g/mol. The van der Waals surface area contributed by atoms with Crippen LogP contribution >= 0.6 is 12.6 Å². The zero-order valence-corrected chi connectivity index (χ0v) is 25.5. The summed E-state index contributed by atoms with van der Waals surface area (Å²) in [6.07, 6.45) is -0.245. The first kappa shape index (κ1) is 28.2. The molecule has 6 rings (SSSR count). The van der Waals surface area contributed by atoms with Crippen molar-refractivity contribution < 1.29 is 18.8 Å². The molecule has 0 N–H and O–H groups in total. The van der Waals surface area contributed by atoms with Crippen LogP contribution in [0.3, 0.4) is 0 Å². The van der Waals surface area contributed by atoms with Gasteiger partial charge in [0.2, 0.25) is 0 Å². The fraction of sp³-hybridized carbons (Fsp3) is 0.424. The predicted octanol–water partition coefficient (Wildman–Crippen LogP) is 5.80. The molecule has 0 bridgehead atoms. The van der Waals surface area contributed by atoms with Crippen LogP contribution in [0.25, 0.3) is 11.1 Å². The molecular weight excluding hydrogens is 531 g/mol. The largest absolute Gasteiger partial charge is 0.495 e. The van der Waals surface area contributed by atoms with E-state index in [1.54, 1.807) is 0 Å². The lowest BCUT2D eigenvalue weighted by Gasteiger charge is -2.37. The van der Waals surface area contributed by atoms with E-state index in [1.165, 1.54) is 22.3 Å². The number of hydrogen-bond acceptors (Lipinski definition) is 6. The first-order valence-electron chi connectivity index (χ1n) is 14.5. The van der Waals surface area contributed by atoms with Gasteiger partial charge in [-0.3, -0.25) is 0 Å². The average Bonchev–Trinajstić information content (AvgIpc) is 3.40. The molecule has 1 aliphatic carbocycles. The number of rotatable bonds is 5. The van der Waals surface area contributed by atoms with Gasteiger partial charge >= 0.3 is 13.2 Å². The number of amides is 1. The maximum Gasteiger partial charge on any atom is 0.495 e. The second-order valence-electron chi connectivity index (χ2n) is 12.4. The summed E-state index contributed by atoms with van der Waals surface area (Å²) >= 11 is 4.58. The third-order valence-electron chi connectivity index (χ3n) is 9.38. The van der Waals surface area contributed by atoms with E-state index < -0.39 is 18.3 Å². The lowest BCUT2D eigenvalue weighted by molar-refractivity contribution is 0.00578. The lowest BCUT2D eigenvalue weighted by atomic mass is 9.75. The smallest absolute Gasteiger partial charge is 0.448 e. The van der Waals surface area contributed by atoms with Crippen molar-refractivity contribution in [1.29, 1.82) is 0 Å². The Morgan fingerprint density at radius 1 is 0.927 bits per heavy atom. The molecule has 3 aliphatic rings. The lowest BCUT2D eigenvalue weighted by Crippen LogP contribution is -2.49. The van der Waals surface area contributed by atoms with Crippen LogP contribution in [0.5, 0.6) is 0 Å². The van der Waals surface area contributed by atoms with E-state index in [0.717, 1.165) is 35.4 Å². The Labute approximate surface area is 249 Å². The molecular formula is C33H39BN2O4S. The molecule has 0 spiro atoms. The summed E-state index contributed by atoms with van der Waals surface area (Å²) in [6.45, 7) is 13.4. The summed E-state index contributed by atoms with van der Waals surface area (Å²) in [5.74, 6) is 0.687. The van der Waals surface area contributed by atoms with Crippen LogP contribution in [-0.2, 0) is 19.8 Å². The highest BCUT2D eigenvalue weighted by Gasteiger charge is 2.52. The molecule has 2 saturated heterocycles. The van der Waals surface area contributed by atoms with E-state index in [2.05, 4.69) is 113 Å². The fourth-order valence-electron chi connectivity index (χ4n) is 6.23. The number of hydrogen-bond donors (Lipinski definition) is 1. The van der Waals surface area contributed by atoms with Gasteiger partial charge in [0, 0.05) is 43.5 Å². The maximum atomic E-state index is 13.2. The molecule has 0 saturated carbocycles. The standard InChI is InChI=1S/C33H39BN2O4S/c1-22-29(34-39-32(2,3)33(4,5)40-34)18-23(21-41)19-30(22)35-14-16-36(17-15-35)31(37)38-20-28-26-12-8-6-10-24(26)25-11-7-9-13-27(25)28/h6-13,18-19,28,41H,14-17,20-21H2,1-5H3. The van der Waals surface area contributed by atoms with Crippen molar-refractivity contribution in [2.45, 2.75) is 57.5 Å².